The van der Waals surface area contributed by atoms with Crippen LogP contribution in [0.25, 0.3) is 0 Å². The van der Waals surface area contributed by atoms with Crippen molar-refractivity contribution in [1.29, 1.82) is 0 Å². The molecule has 0 aromatic heterocycles. The fourth-order valence-corrected chi connectivity index (χ4v) is 3.71. The molecule has 1 atom stereocenters. The van der Waals surface area contributed by atoms with Gasteiger partial charge in [-0.2, -0.15) is 0 Å². The molecular weight excluding hydrogens is 390 g/mol. The molecule has 10 heteroatoms. The Morgan fingerprint density at radius 3 is 2.63 bits per heavy atom. The zero-order valence-electron chi connectivity index (χ0n) is 17.2. The quantitative estimate of drug-likeness (QED) is 0.408. The van der Waals surface area contributed by atoms with Gasteiger partial charge in [0.25, 0.3) is 5.69 Å². The number of benzene rings is 1. The summed E-state index contributed by atoms with van der Waals surface area (Å²) < 4.78 is 5.27. The predicted molar refractivity (Wildman–Crippen MR) is 110 cm³/mol. The minimum absolute atomic E-state index is 0.0606. The minimum Gasteiger partial charge on any atom is -0.463 e. The molecule has 2 amide bonds. The van der Waals surface area contributed by atoms with Gasteiger partial charge in [0.2, 0.25) is 0 Å². The summed E-state index contributed by atoms with van der Waals surface area (Å²) in [7, 11) is 2.07. The third-order valence-electron chi connectivity index (χ3n) is 5.28. The minimum atomic E-state index is -0.747. The van der Waals surface area contributed by atoms with E-state index >= 15 is 0 Å². The predicted octanol–water partition coefficient (Wildman–Crippen LogP) is 1.40. The molecule has 0 unspecified atom stereocenters. The molecular formula is C20H27N5O5. The molecule has 0 saturated carbocycles. The first kappa shape index (κ1) is 21.7. The van der Waals surface area contributed by atoms with Crippen LogP contribution in [0.3, 0.4) is 0 Å². The lowest BCUT2D eigenvalue weighted by molar-refractivity contribution is -0.384. The van der Waals surface area contributed by atoms with Gasteiger partial charge in [0, 0.05) is 37.5 Å². The third-order valence-corrected chi connectivity index (χ3v) is 5.28. The second kappa shape index (κ2) is 9.68. The number of nitro benzene ring substituents is 1. The topological polar surface area (TPSA) is 117 Å². The van der Waals surface area contributed by atoms with Crippen molar-refractivity contribution in [2.75, 3.05) is 46.4 Å². The molecule has 162 valence electrons. The van der Waals surface area contributed by atoms with Crippen LogP contribution in [0.2, 0.25) is 0 Å². The Labute approximate surface area is 175 Å². The molecule has 0 bridgehead atoms. The molecule has 10 nitrogen and oxygen atoms in total. The van der Waals surface area contributed by atoms with Crippen LogP contribution in [0.5, 0.6) is 0 Å². The van der Waals surface area contributed by atoms with Gasteiger partial charge in [-0.15, -0.1) is 0 Å². The zero-order chi connectivity index (χ0) is 21.7. The van der Waals surface area contributed by atoms with Crippen molar-refractivity contribution >= 4 is 17.7 Å². The molecule has 1 aromatic rings. The van der Waals surface area contributed by atoms with E-state index in [1.165, 1.54) is 12.1 Å². The Bertz CT molecular complexity index is 838. The maximum atomic E-state index is 12.8. The summed E-state index contributed by atoms with van der Waals surface area (Å²) in [4.78, 5) is 40.1. The average Bonchev–Trinajstić information content (AvgIpc) is 2.92. The van der Waals surface area contributed by atoms with Crippen molar-refractivity contribution in [1.82, 2.24) is 20.4 Å². The lowest BCUT2D eigenvalue weighted by Crippen LogP contribution is -2.48. The number of hydrogen-bond donors (Lipinski definition) is 2. The highest BCUT2D eigenvalue weighted by Crippen LogP contribution is 2.29. The molecule has 0 spiro atoms. The van der Waals surface area contributed by atoms with Gasteiger partial charge < -0.3 is 20.3 Å². The maximum Gasteiger partial charge on any atom is 0.338 e. The Morgan fingerprint density at radius 1 is 1.23 bits per heavy atom. The molecule has 0 radical (unpaired) electrons. The van der Waals surface area contributed by atoms with Gasteiger partial charge in [-0.1, -0.05) is 0 Å². The van der Waals surface area contributed by atoms with Crippen molar-refractivity contribution in [3.8, 4) is 0 Å². The number of likely N-dealkylation sites (N-methyl/N-ethyl adjacent to an activating group) is 1. The molecule has 0 aliphatic carbocycles. The first-order valence-electron chi connectivity index (χ1n) is 10.0. The van der Waals surface area contributed by atoms with Gasteiger partial charge in [-0.25, -0.2) is 9.59 Å². The molecule has 1 saturated heterocycles. The van der Waals surface area contributed by atoms with Crippen molar-refractivity contribution < 1.29 is 19.2 Å². The van der Waals surface area contributed by atoms with Crippen LogP contribution >= 0.6 is 0 Å². The van der Waals surface area contributed by atoms with E-state index in [1.54, 1.807) is 19.1 Å². The molecule has 1 fully saturated rings. The van der Waals surface area contributed by atoms with E-state index in [0.717, 1.165) is 32.6 Å². The van der Waals surface area contributed by atoms with Crippen molar-refractivity contribution in [2.45, 2.75) is 19.4 Å². The summed E-state index contributed by atoms with van der Waals surface area (Å²) in [6, 6.07) is 4.64. The van der Waals surface area contributed by atoms with Crippen LogP contribution in [0.15, 0.2) is 35.5 Å². The summed E-state index contributed by atoms with van der Waals surface area (Å²) in [5, 5.41) is 16.5. The van der Waals surface area contributed by atoms with E-state index in [1.807, 2.05) is 0 Å². The number of nitro groups is 1. The largest absolute Gasteiger partial charge is 0.463 e. The van der Waals surface area contributed by atoms with Crippen LogP contribution in [-0.2, 0) is 9.53 Å². The lowest BCUT2D eigenvalue weighted by Gasteiger charge is -2.31. The van der Waals surface area contributed by atoms with Gasteiger partial charge in [0.1, 0.15) is 0 Å². The van der Waals surface area contributed by atoms with Crippen molar-refractivity contribution in [3.63, 3.8) is 0 Å². The SMILES string of the molecule is CCOC(=O)C1=C(CN2CCCN(C)CC2)NC(=O)N[C@H]1c1ccc([N+](=O)[O-])cc1. The molecule has 3 rings (SSSR count). The van der Waals surface area contributed by atoms with E-state index in [4.69, 9.17) is 4.74 Å². The fraction of sp³-hybridized carbons (Fsp3) is 0.500. The Kier molecular flexibility index (Phi) is 7.01. The van der Waals surface area contributed by atoms with Gasteiger partial charge in [-0.3, -0.25) is 15.0 Å². The summed E-state index contributed by atoms with van der Waals surface area (Å²) >= 11 is 0. The number of ether oxygens (including phenoxy) is 1. The molecule has 30 heavy (non-hydrogen) atoms. The highest BCUT2D eigenvalue weighted by molar-refractivity contribution is 5.95. The summed E-state index contributed by atoms with van der Waals surface area (Å²) in [5.74, 6) is -0.518. The van der Waals surface area contributed by atoms with Crippen LogP contribution in [-0.4, -0.2) is 73.1 Å². The number of urea groups is 1. The first-order chi connectivity index (χ1) is 14.4. The van der Waals surface area contributed by atoms with Gasteiger partial charge >= 0.3 is 12.0 Å². The molecule has 2 heterocycles. The summed E-state index contributed by atoms with van der Waals surface area (Å²) in [5.41, 5.74) is 1.34. The monoisotopic (exact) mass is 417 g/mol. The number of nitrogens with zero attached hydrogens (tertiary/aromatic N) is 3. The normalized spacial score (nSPS) is 20.9. The average molecular weight is 417 g/mol. The third kappa shape index (κ3) is 5.14. The van der Waals surface area contributed by atoms with E-state index < -0.39 is 23.0 Å². The fourth-order valence-electron chi connectivity index (χ4n) is 3.71. The Hall–Kier alpha value is -2.98. The zero-order valence-corrected chi connectivity index (χ0v) is 17.2. The summed E-state index contributed by atoms with van der Waals surface area (Å²) in [6.07, 6.45) is 0.997. The molecule has 1 aromatic carbocycles. The van der Waals surface area contributed by atoms with Crippen LogP contribution in [0.1, 0.15) is 24.9 Å². The number of rotatable bonds is 6. The number of carbonyl (C=O) groups is 2. The first-order valence-corrected chi connectivity index (χ1v) is 10.0. The van der Waals surface area contributed by atoms with E-state index in [2.05, 4.69) is 27.5 Å². The number of carbonyl (C=O) groups excluding carboxylic acids is 2. The Balaban J connectivity index is 1.95. The van der Waals surface area contributed by atoms with E-state index in [9.17, 15) is 19.7 Å². The number of nitrogens with one attached hydrogen (secondary N) is 2. The number of esters is 1. The highest BCUT2D eigenvalue weighted by Gasteiger charge is 2.34. The Morgan fingerprint density at radius 2 is 1.97 bits per heavy atom. The van der Waals surface area contributed by atoms with Crippen molar-refractivity contribution in [2.24, 2.45) is 0 Å². The smallest absolute Gasteiger partial charge is 0.338 e. The maximum absolute atomic E-state index is 12.8. The van der Waals surface area contributed by atoms with Gasteiger partial charge in [0.05, 0.1) is 23.1 Å². The van der Waals surface area contributed by atoms with Crippen LogP contribution < -0.4 is 10.6 Å². The van der Waals surface area contributed by atoms with Crippen LogP contribution in [0, 0.1) is 10.1 Å². The van der Waals surface area contributed by atoms with Crippen molar-refractivity contribution in [3.05, 3.63) is 51.2 Å². The van der Waals surface area contributed by atoms with Gasteiger partial charge in [-0.05, 0) is 51.2 Å². The molecule has 2 N–H and O–H groups in total. The van der Waals surface area contributed by atoms with E-state index in [-0.39, 0.29) is 12.3 Å². The molecule has 2 aliphatic rings. The van der Waals surface area contributed by atoms with Crippen LogP contribution in [0.4, 0.5) is 10.5 Å². The van der Waals surface area contributed by atoms with E-state index in [0.29, 0.717) is 23.4 Å². The molecule has 2 aliphatic heterocycles. The number of hydrogen-bond acceptors (Lipinski definition) is 7. The summed E-state index contributed by atoms with van der Waals surface area (Å²) in [6.45, 7) is 5.92. The number of non-ortho nitro benzene ring substituents is 1. The standard InChI is InChI=1S/C20H27N5O5/c1-3-30-19(26)17-16(13-24-10-4-9-23(2)11-12-24)21-20(27)22-18(17)14-5-7-15(8-6-14)25(28)29/h5-8,18H,3-4,9-13H2,1-2H3,(H2,21,22,27)/t18-/m0/s1. The van der Waals surface area contributed by atoms with Gasteiger partial charge in [0.15, 0.2) is 0 Å². The second-order valence-electron chi connectivity index (χ2n) is 7.43. The second-order valence-corrected chi connectivity index (χ2v) is 7.43. The number of amides is 2. The lowest BCUT2D eigenvalue weighted by atomic mass is 9.94. The highest BCUT2D eigenvalue weighted by atomic mass is 16.6.